The van der Waals surface area contributed by atoms with Crippen molar-refractivity contribution >= 4 is 41.8 Å². The lowest BCUT2D eigenvalue weighted by Gasteiger charge is -2.36. The first-order chi connectivity index (χ1) is 12.8. The molecule has 5 nitrogen and oxygen atoms in total. The number of para-hydroxylation sites is 2. The molecule has 28 heavy (non-hydrogen) atoms. The van der Waals surface area contributed by atoms with Gasteiger partial charge in [0.1, 0.15) is 5.69 Å². The lowest BCUT2D eigenvalue weighted by atomic mass is 10.0. The second kappa shape index (κ2) is 9.82. The number of nitrogens with one attached hydrogen (secondary N) is 1. The summed E-state index contributed by atoms with van der Waals surface area (Å²) in [5.41, 5.74) is 4.40. The number of aromatic nitrogens is 2. The van der Waals surface area contributed by atoms with Crippen molar-refractivity contribution in [2.24, 2.45) is 0 Å². The van der Waals surface area contributed by atoms with Crippen LogP contribution in [0.5, 0.6) is 0 Å². The molecular formula is C21H24Cl2N4O. The fraction of sp³-hybridized carbons (Fsp3) is 0.286. The lowest BCUT2D eigenvalue weighted by molar-refractivity contribution is 0.0628. The number of carbonyl (C=O) groups excluding carboxylic acids is 1. The Morgan fingerprint density at radius 3 is 2.54 bits per heavy atom. The maximum absolute atomic E-state index is 13.1. The third kappa shape index (κ3) is 4.43. The molecule has 1 aromatic heterocycles. The quantitative estimate of drug-likeness (QED) is 0.701. The van der Waals surface area contributed by atoms with Crippen LogP contribution >= 0.6 is 24.8 Å². The topological polar surface area (TPSA) is 58.1 Å². The van der Waals surface area contributed by atoms with E-state index >= 15 is 0 Å². The Morgan fingerprint density at radius 1 is 1.11 bits per heavy atom. The SMILES string of the molecule is CCc1ccc(C2CNCCN2C(=O)c2cnc3ccccc3n2)cc1.Cl.Cl. The van der Waals surface area contributed by atoms with Crippen molar-refractivity contribution in [2.75, 3.05) is 19.6 Å². The van der Waals surface area contributed by atoms with Crippen LogP contribution in [0.4, 0.5) is 0 Å². The predicted octanol–water partition coefficient (Wildman–Crippen LogP) is 3.82. The highest BCUT2D eigenvalue weighted by atomic mass is 35.5. The standard InChI is InChI=1S/C21H22N4O.2ClH/c1-2-15-7-9-16(10-8-15)20-14-22-11-12-25(20)21(26)19-13-23-17-5-3-4-6-18(17)24-19;;/h3-10,13,20,22H,2,11-12,14H2,1H3;2*1H. The normalized spacial score (nSPS) is 16.2. The van der Waals surface area contributed by atoms with E-state index < -0.39 is 0 Å². The molecule has 1 unspecified atom stereocenters. The average molecular weight is 419 g/mol. The molecule has 0 spiro atoms. The van der Waals surface area contributed by atoms with Gasteiger partial charge in [-0.2, -0.15) is 0 Å². The number of aryl methyl sites for hydroxylation is 1. The van der Waals surface area contributed by atoms with Gasteiger partial charge in [-0.05, 0) is 29.7 Å². The zero-order valence-electron chi connectivity index (χ0n) is 15.7. The molecule has 148 valence electrons. The Morgan fingerprint density at radius 2 is 1.82 bits per heavy atom. The number of piperazine rings is 1. The molecule has 2 heterocycles. The van der Waals surface area contributed by atoms with Crippen LogP contribution in [0, 0.1) is 0 Å². The molecular weight excluding hydrogens is 395 g/mol. The highest BCUT2D eigenvalue weighted by Gasteiger charge is 2.29. The monoisotopic (exact) mass is 418 g/mol. The van der Waals surface area contributed by atoms with Crippen LogP contribution in [0.1, 0.15) is 34.6 Å². The van der Waals surface area contributed by atoms with E-state index in [-0.39, 0.29) is 36.8 Å². The average Bonchev–Trinajstić information content (AvgIpc) is 2.73. The minimum atomic E-state index is -0.0608. The summed E-state index contributed by atoms with van der Waals surface area (Å²) >= 11 is 0. The fourth-order valence-corrected chi connectivity index (χ4v) is 3.43. The van der Waals surface area contributed by atoms with Crippen LogP contribution in [0.15, 0.2) is 54.7 Å². The Bertz CT molecular complexity index is 933. The molecule has 1 fully saturated rings. The number of fused-ring (bicyclic) bond motifs is 1. The predicted molar refractivity (Wildman–Crippen MR) is 117 cm³/mol. The van der Waals surface area contributed by atoms with Gasteiger partial charge in [-0.25, -0.2) is 4.98 Å². The van der Waals surface area contributed by atoms with E-state index in [9.17, 15) is 4.79 Å². The number of benzene rings is 2. The van der Waals surface area contributed by atoms with E-state index in [0.29, 0.717) is 12.2 Å². The van der Waals surface area contributed by atoms with Gasteiger partial charge in [0.2, 0.25) is 0 Å². The van der Waals surface area contributed by atoms with E-state index in [1.165, 1.54) is 5.56 Å². The molecule has 0 aliphatic carbocycles. The van der Waals surface area contributed by atoms with Gasteiger partial charge in [0.15, 0.2) is 0 Å². The van der Waals surface area contributed by atoms with Gasteiger partial charge in [0, 0.05) is 19.6 Å². The van der Waals surface area contributed by atoms with Crippen molar-refractivity contribution in [2.45, 2.75) is 19.4 Å². The van der Waals surface area contributed by atoms with Crippen molar-refractivity contribution in [3.8, 4) is 0 Å². The van der Waals surface area contributed by atoms with Gasteiger partial charge in [0.25, 0.3) is 5.91 Å². The number of rotatable bonds is 3. The summed E-state index contributed by atoms with van der Waals surface area (Å²) in [6.45, 7) is 4.34. The van der Waals surface area contributed by atoms with Gasteiger partial charge in [-0.3, -0.25) is 9.78 Å². The van der Waals surface area contributed by atoms with Crippen LogP contribution in [-0.2, 0) is 6.42 Å². The smallest absolute Gasteiger partial charge is 0.274 e. The highest BCUT2D eigenvalue weighted by Crippen LogP contribution is 2.24. The molecule has 4 rings (SSSR count). The van der Waals surface area contributed by atoms with E-state index in [4.69, 9.17) is 0 Å². The highest BCUT2D eigenvalue weighted by molar-refractivity contribution is 5.94. The third-order valence-corrected chi connectivity index (χ3v) is 4.94. The summed E-state index contributed by atoms with van der Waals surface area (Å²) in [6, 6.07) is 16.2. The molecule has 1 aliphatic heterocycles. The number of halogens is 2. The molecule has 0 saturated carbocycles. The summed E-state index contributed by atoms with van der Waals surface area (Å²) in [5.74, 6) is -0.0608. The Labute approximate surface area is 177 Å². The maximum atomic E-state index is 13.1. The number of hydrogen-bond donors (Lipinski definition) is 1. The first-order valence-electron chi connectivity index (χ1n) is 9.08. The third-order valence-electron chi connectivity index (χ3n) is 4.94. The molecule has 1 atom stereocenters. The van der Waals surface area contributed by atoms with Crippen molar-refractivity contribution < 1.29 is 4.79 Å². The summed E-state index contributed by atoms with van der Waals surface area (Å²) in [6.07, 6.45) is 2.60. The zero-order chi connectivity index (χ0) is 17.9. The second-order valence-corrected chi connectivity index (χ2v) is 6.56. The van der Waals surface area contributed by atoms with Crippen LogP contribution in [0.2, 0.25) is 0 Å². The second-order valence-electron chi connectivity index (χ2n) is 6.56. The summed E-state index contributed by atoms with van der Waals surface area (Å²) in [4.78, 5) is 24.0. The van der Waals surface area contributed by atoms with Crippen LogP contribution in [-0.4, -0.2) is 40.4 Å². The molecule has 1 N–H and O–H groups in total. The van der Waals surface area contributed by atoms with Crippen molar-refractivity contribution in [3.63, 3.8) is 0 Å². The van der Waals surface area contributed by atoms with Crippen molar-refractivity contribution in [3.05, 3.63) is 71.5 Å². The van der Waals surface area contributed by atoms with E-state index in [1.807, 2.05) is 29.2 Å². The van der Waals surface area contributed by atoms with Crippen LogP contribution in [0.3, 0.4) is 0 Å². The summed E-state index contributed by atoms with van der Waals surface area (Å²) in [7, 11) is 0. The lowest BCUT2D eigenvalue weighted by Crippen LogP contribution is -2.48. The van der Waals surface area contributed by atoms with Crippen LogP contribution < -0.4 is 5.32 Å². The molecule has 1 saturated heterocycles. The van der Waals surface area contributed by atoms with E-state index in [0.717, 1.165) is 36.1 Å². The molecule has 7 heteroatoms. The van der Waals surface area contributed by atoms with Crippen LogP contribution in [0.25, 0.3) is 11.0 Å². The number of hydrogen-bond acceptors (Lipinski definition) is 4. The Hall–Kier alpha value is -2.21. The first kappa shape index (κ1) is 22.1. The number of nitrogens with zero attached hydrogens (tertiary/aromatic N) is 3. The van der Waals surface area contributed by atoms with Crippen molar-refractivity contribution in [1.82, 2.24) is 20.2 Å². The summed E-state index contributed by atoms with van der Waals surface area (Å²) < 4.78 is 0. The van der Waals surface area contributed by atoms with Gasteiger partial charge in [-0.15, -0.1) is 24.8 Å². The number of amides is 1. The first-order valence-corrected chi connectivity index (χ1v) is 9.08. The van der Waals surface area contributed by atoms with E-state index in [1.54, 1.807) is 6.20 Å². The maximum Gasteiger partial charge on any atom is 0.274 e. The minimum Gasteiger partial charge on any atom is -0.328 e. The zero-order valence-corrected chi connectivity index (χ0v) is 17.3. The molecule has 1 aliphatic rings. The Balaban J connectivity index is 0.00000140. The fourth-order valence-electron chi connectivity index (χ4n) is 3.43. The number of carbonyl (C=O) groups is 1. The van der Waals surface area contributed by atoms with Gasteiger partial charge >= 0.3 is 0 Å². The summed E-state index contributed by atoms with van der Waals surface area (Å²) in [5, 5.41) is 3.40. The van der Waals surface area contributed by atoms with E-state index in [2.05, 4.69) is 46.5 Å². The Kier molecular flexibility index (Phi) is 7.75. The molecule has 0 bridgehead atoms. The molecule has 0 radical (unpaired) electrons. The van der Waals surface area contributed by atoms with Gasteiger partial charge in [-0.1, -0.05) is 43.3 Å². The van der Waals surface area contributed by atoms with Gasteiger partial charge < -0.3 is 10.2 Å². The van der Waals surface area contributed by atoms with Gasteiger partial charge in [0.05, 0.1) is 23.3 Å². The molecule has 1 amide bonds. The molecule has 2 aromatic carbocycles. The van der Waals surface area contributed by atoms with Crippen molar-refractivity contribution in [1.29, 1.82) is 0 Å². The largest absolute Gasteiger partial charge is 0.328 e. The minimum absolute atomic E-state index is 0. The molecule has 3 aromatic rings.